The van der Waals surface area contributed by atoms with Crippen molar-refractivity contribution in [1.29, 1.82) is 0 Å². The van der Waals surface area contributed by atoms with Gasteiger partial charge in [-0.25, -0.2) is 9.59 Å². The van der Waals surface area contributed by atoms with Crippen molar-refractivity contribution < 1.29 is 44.0 Å². The molecule has 1 aliphatic rings. The summed E-state index contributed by atoms with van der Waals surface area (Å²) in [6.45, 7) is 5.61. The number of aliphatic hydroxyl groups is 1. The number of carbonyl (C=O) groups is 5. The number of hydrogen-bond donors (Lipinski definition) is 8. The van der Waals surface area contributed by atoms with Gasteiger partial charge in [-0.05, 0) is 32.2 Å². The fourth-order valence-corrected chi connectivity index (χ4v) is 1.92. The Hall–Kier alpha value is -2.65. The van der Waals surface area contributed by atoms with Crippen LogP contribution < -0.4 is 28.3 Å². The topological polar surface area (TPSA) is 271 Å². The highest BCUT2D eigenvalue weighted by Gasteiger charge is 2.25. The Balaban J connectivity index is 0. The molecule has 0 aromatic heterocycles. The van der Waals surface area contributed by atoms with E-state index in [-0.39, 0.29) is 18.4 Å². The summed E-state index contributed by atoms with van der Waals surface area (Å²) in [6, 6.07) is -3.56. The van der Waals surface area contributed by atoms with Crippen LogP contribution in [-0.4, -0.2) is 81.9 Å². The zero-order chi connectivity index (χ0) is 25.6. The molecule has 1 saturated heterocycles. The normalized spacial score (nSPS) is 18.6. The van der Waals surface area contributed by atoms with Gasteiger partial charge in [0.05, 0.1) is 12.5 Å². The van der Waals surface area contributed by atoms with E-state index in [0.717, 1.165) is 19.4 Å². The number of esters is 2. The van der Waals surface area contributed by atoms with E-state index in [4.69, 9.17) is 38.3 Å². The van der Waals surface area contributed by atoms with Gasteiger partial charge in [-0.15, -0.1) is 0 Å². The average molecular weight is 466 g/mol. The van der Waals surface area contributed by atoms with E-state index in [1.807, 2.05) is 0 Å². The number of carboxylic acids is 2. The molecule has 0 spiro atoms. The average Bonchev–Trinajstić information content (AvgIpc) is 3.22. The van der Waals surface area contributed by atoms with Crippen molar-refractivity contribution in [1.82, 2.24) is 5.32 Å². The lowest BCUT2D eigenvalue weighted by atomic mass is 10.1. The Bertz CT molecular complexity index is 624. The van der Waals surface area contributed by atoms with E-state index in [1.165, 1.54) is 6.92 Å². The molecule has 0 aromatic rings. The number of amides is 1. The van der Waals surface area contributed by atoms with E-state index in [9.17, 15) is 24.0 Å². The van der Waals surface area contributed by atoms with E-state index >= 15 is 0 Å². The number of ether oxygens (including phenoxy) is 1. The number of aliphatic carboxylic acids is 2. The van der Waals surface area contributed by atoms with Crippen molar-refractivity contribution in [3.05, 3.63) is 0 Å². The Morgan fingerprint density at radius 1 is 1.00 bits per heavy atom. The molecule has 0 radical (unpaired) electrons. The lowest BCUT2D eigenvalue weighted by molar-refractivity contribution is -0.162. The maximum atomic E-state index is 11.2. The third kappa shape index (κ3) is 14.4. The first-order chi connectivity index (χ1) is 14.6. The van der Waals surface area contributed by atoms with Crippen molar-refractivity contribution in [2.45, 2.75) is 70.3 Å². The zero-order valence-corrected chi connectivity index (χ0v) is 18.4. The van der Waals surface area contributed by atoms with Gasteiger partial charge in [0.2, 0.25) is 5.91 Å². The molecule has 0 saturated carbocycles. The lowest BCUT2D eigenvalue weighted by Gasteiger charge is -2.14. The lowest BCUT2D eigenvalue weighted by Crippen LogP contribution is -2.43. The van der Waals surface area contributed by atoms with Gasteiger partial charge in [0.15, 0.2) is 0 Å². The summed E-state index contributed by atoms with van der Waals surface area (Å²) in [5, 5.41) is 27.8. The summed E-state index contributed by atoms with van der Waals surface area (Å²) in [6.07, 6.45) is 0.433. The van der Waals surface area contributed by atoms with Crippen LogP contribution in [0.5, 0.6) is 0 Å². The molecule has 32 heavy (non-hydrogen) atoms. The van der Waals surface area contributed by atoms with Crippen LogP contribution in [0.2, 0.25) is 0 Å². The standard InChI is InChI=1S/C9H17N3O4.C5H9NO2.C4H9NO3/c1-4(2)7(12)9(15)16-8(14)5(10)3-6(11)13;7-5(8)4-2-1-3-6-4;1-2(6)3(5)4(7)8/h4-5,7H,3,10,12H2,1-2H3,(H2,11,13);4,6H,1-3H2,(H,7,8);2-3,6H,5H2,1H3,(H,7,8)/t5-,7-;4-;2-,3+/m001/s1. The molecule has 1 aliphatic heterocycles. The fourth-order valence-electron chi connectivity index (χ4n) is 1.92. The number of primary amides is 1. The molecule has 1 amide bonds. The number of aliphatic hydroxyl groups excluding tert-OH is 1. The summed E-state index contributed by atoms with van der Waals surface area (Å²) in [5.41, 5.74) is 20.5. The van der Waals surface area contributed by atoms with Crippen molar-refractivity contribution in [2.75, 3.05) is 6.54 Å². The maximum Gasteiger partial charge on any atom is 0.331 e. The second kappa shape index (κ2) is 16.0. The molecule has 1 rings (SSSR count). The monoisotopic (exact) mass is 465 g/mol. The van der Waals surface area contributed by atoms with Crippen molar-refractivity contribution in [2.24, 2.45) is 28.9 Å². The molecule has 0 unspecified atom stereocenters. The van der Waals surface area contributed by atoms with Crippen molar-refractivity contribution in [3.63, 3.8) is 0 Å². The van der Waals surface area contributed by atoms with E-state index in [0.29, 0.717) is 0 Å². The van der Waals surface area contributed by atoms with Crippen molar-refractivity contribution in [3.8, 4) is 0 Å². The zero-order valence-electron chi connectivity index (χ0n) is 18.4. The van der Waals surface area contributed by atoms with Crippen LogP contribution in [0.4, 0.5) is 0 Å². The first-order valence-corrected chi connectivity index (χ1v) is 9.79. The Labute approximate surface area is 185 Å². The van der Waals surface area contributed by atoms with Crippen LogP contribution in [0.15, 0.2) is 0 Å². The number of hydrogen-bond acceptors (Lipinski definition) is 11. The van der Waals surface area contributed by atoms with E-state index < -0.39 is 54.0 Å². The summed E-state index contributed by atoms with van der Waals surface area (Å²) in [4.78, 5) is 52.9. The quantitative estimate of drug-likeness (QED) is 0.130. The summed E-state index contributed by atoms with van der Waals surface area (Å²) < 4.78 is 4.40. The number of carbonyl (C=O) groups excluding carboxylic acids is 3. The molecule has 1 heterocycles. The first-order valence-electron chi connectivity index (χ1n) is 9.79. The van der Waals surface area contributed by atoms with Gasteiger partial charge in [0, 0.05) is 0 Å². The van der Waals surface area contributed by atoms with E-state index in [1.54, 1.807) is 13.8 Å². The van der Waals surface area contributed by atoms with Crippen LogP contribution in [0.3, 0.4) is 0 Å². The molecule has 186 valence electrons. The predicted molar refractivity (Wildman–Crippen MR) is 112 cm³/mol. The van der Waals surface area contributed by atoms with Crippen LogP contribution in [0.25, 0.3) is 0 Å². The SMILES string of the molecule is CC(C)[C@H](N)C(=O)OC(=O)[C@@H](N)CC(N)=O.C[C@@H](O)[C@H](N)C(=O)O.O=C(O)[C@@H]1CCCN1. The molecular formula is C18H35N5O9. The van der Waals surface area contributed by atoms with Gasteiger partial charge in [-0.1, -0.05) is 13.8 Å². The molecule has 1 fully saturated rings. The van der Waals surface area contributed by atoms with Crippen LogP contribution in [0, 0.1) is 5.92 Å². The highest BCUT2D eigenvalue weighted by atomic mass is 16.6. The number of nitrogens with one attached hydrogen (secondary N) is 1. The third-order valence-electron chi connectivity index (χ3n) is 4.08. The minimum Gasteiger partial charge on any atom is -0.480 e. The van der Waals surface area contributed by atoms with E-state index in [2.05, 4.69) is 10.1 Å². The third-order valence-corrected chi connectivity index (χ3v) is 4.08. The molecule has 5 atom stereocenters. The molecule has 12 N–H and O–H groups in total. The molecular weight excluding hydrogens is 430 g/mol. The summed E-state index contributed by atoms with van der Waals surface area (Å²) >= 11 is 0. The summed E-state index contributed by atoms with van der Waals surface area (Å²) in [7, 11) is 0. The van der Waals surface area contributed by atoms with Gasteiger partial charge in [0.25, 0.3) is 0 Å². The van der Waals surface area contributed by atoms with Crippen LogP contribution in [-0.2, 0) is 28.7 Å². The second-order valence-electron chi connectivity index (χ2n) is 7.38. The molecule has 14 heteroatoms. The summed E-state index contributed by atoms with van der Waals surface area (Å²) in [5.74, 6) is -4.67. The van der Waals surface area contributed by atoms with Gasteiger partial charge >= 0.3 is 23.9 Å². The Morgan fingerprint density at radius 3 is 1.78 bits per heavy atom. The highest BCUT2D eigenvalue weighted by Crippen LogP contribution is 2.03. The Kier molecular flexibility index (Phi) is 15.8. The largest absolute Gasteiger partial charge is 0.480 e. The number of carboxylic acid groups (broad SMARTS) is 2. The molecule has 14 nitrogen and oxygen atoms in total. The maximum absolute atomic E-state index is 11.2. The van der Waals surface area contributed by atoms with Gasteiger partial charge in [-0.2, -0.15) is 0 Å². The molecule has 0 aliphatic carbocycles. The minimum absolute atomic E-state index is 0.160. The smallest absolute Gasteiger partial charge is 0.331 e. The highest BCUT2D eigenvalue weighted by molar-refractivity contribution is 5.92. The number of rotatable bonds is 8. The van der Waals surface area contributed by atoms with Gasteiger partial charge < -0.3 is 48.3 Å². The van der Waals surface area contributed by atoms with Crippen LogP contribution >= 0.6 is 0 Å². The molecule has 0 aromatic carbocycles. The molecule has 0 bridgehead atoms. The predicted octanol–water partition coefficient (Wildman–Crippen LogP) is -3.16. The van der Waals surface area contributed by atoms with Gasteiger partial charge in [-0.3, -0.25) is 14.4 Å². The van der Waals surface area contributed by atoms with Crippen molar-refractivity contribution >= 4 is 29.8 Å². The number of nitrogens with two attached hydrogens (primary N) is 4. The minimum atomic E-state index is -1.24. The fraction of sp³-hybridized carbons (Fsp3) is 0.722. The Morgan fingerprint density at radius 2 is 1.53 bits per heavy atom. The van der Waals surface area contributed by atoms with Gasteiger partial charge in [0.1, 0.15) is 24.2 Å². The second-order valence-corrected chi connectivity index (χ2v) is 7.38. The first kappa shape index (κ1) is 31.5. The van der Waals surface area contributed by atoms with Crippen LogP contribution in [0.1, 0.15) is 40.0 Å².